The van der Waals surface area contributed by atoms with E-state index in [1.807, 2.05) is 0 Å². The van der Waals surface area contributed by atoms with Crippen molar-refractivity contribution in [2.45, 2.75) is 39.8 Å². The van der Waals surface area contributed by atoms with Gasteiger partial charge in [0.2, 0.25) is 12.1 Å². The number of azo groups is 2. The summed E-state index contributed by atoms with van der Waals surface area (Å²) in [6.07, 6.45) is 0. The molecule has 0 aliphatic heterocycles. The largest absolute Gasteiger partial charge is 0.324 e. The molecule has 0 saturated carbocycles. The fourth-order valence-corrected chi connectivity index (χ4v) is 7.17. The van der Waals surface area contributed by atoms with Gasteiger partial charge < -0.3 is 21.3 Å². The Morgan fingerprint density at radius 3 is 1.12 bits per heavy atom. The first-order valence-electron chi connectivity index (χ1n) is 18.2. The van der Waals surface area contributed by atoms with Crippen LogP contribution in [0.4, 0.5) is 34.1 Å². The summed E-state index contributed by atoms with van der Waals surface area (Å²) in [5, 5.41) is 27.1. The van der Waals surface area contributed by atoms with Crippen molar-refractivity contribution in [2.75, 3.05) is 21.3 Å². The van der Waals surface area contributed by atoms with E-state index in [4.69, 9.17) is 92.8 Å². The first kappa shape index (κ1) is 49.8. The molecule has 14 nitrogen and oxygen atoms in total. The molecule has 0 saturated heterocycles. The van der Waals surface area contributed by atoms with E-state index in [0.717, 1.165) is 13.8 Å². The number of nitrogens with zero attached hydrogens (tertiary/aromatic N) is 4. The lowest BCUT2D eigenvalue weighted by Crippen LogP contribution is -2.32. The third-order valence-electron chi connectivity index (χ3n) is 8.89. The van der Waals surface area contributed by atoms with E-state index in [1.165, 1.54) is 72.8 Å². The number of hydrogen-bond donors (Lipinski definition) is 4. The van der Waals surface area contributed by atoms with Gasteiger partial charge >= 0.3 is 0 Å². The van der Waals surface area contributed by atoms with Crippen LogP contribution in [-0.2, 0) is 19.2 Å². The summed E-state index contributed by atoms with van der Waals surface area (Å²) in [5.41, 5.74) is 1.65. The van der Waals surface area contributed by atoms with Gasteiger partial charge in [-0.25, -0.2) is 0 Å². The molecule has 0 heterocycles. The molecule has 64 heavy (non-hydrogen) atoms. The van der Waals surface area contributed by atoms with Gasteiger partial charge in [0, 0.05) is 11.4 Å². The number of halogens is 8. The SMILES string of the molecule is CC(=O)C(N=Nc1ccc(Cl)c(C(=O)Nc2c(Cl)ccc(Cl)c2Cl)c1)C(=O)Nc1cc(C)c(NC(=O)C(N=Nc2ccc(Cl)c(C(=O)Nc3c(Cl)ccc(Cl)c3Cl)c2)C(C)=O)cc1C. The minimum atomic E-state index is -1.61. The second-order valence-electron chi connectivity index (χ2n) is 13.6. The van der Waals surface area contributed by atoms with Gasteiger partial charge in [-0.3, -0.25) is 28.8 Å². The van der Waals surface area contributed by atoms with Crippen molar-refractivity contribution in [3.05, 3.63) is 135 Å². The maximum atomic E-state index is 13.4. The Labute approximate surface area is 405 Å². The molecule has 5 aromatic rings. The fourth-order valence-electron chi connectivity index (χ4n) is 5.52. The number of aryl methyl sites for hydroxylation is 2. The number of carbonyl (C=O) groups is 6. The summed E-state index contributed by atoms with van der Waals surface area (Å²) in [6, 6.07) is 13.8. The Hall–Kier alpha value is -5.16. The average molecular weight is 1030 g/mol. The monoisotopic (exact) mass is 1020 g/mol. The summed E-state index contributed by atoms with van der Waals surface area (Å²) in [5.74, 6) is -4.36. The van der Waals surface area contributed by atoms with Crippen molar-refractivity contribution in [3.8, 4) is 0 Å². The van der Waals surface area contributed by atoms with Crippen LogP contribution in [0.15, 0.2) is 93.3 Å². The molecule has 5 aromatic carbocycles. The molecule has 4 N–H and O–H groups in total. The highest BCUT2D eigenvalue weighted by Gasteiger charge is 2.27. The molecule has 0 bridgehead atoms. The van der Waals surface area contributed by atoms with Crippen LogP contribution >= 0.6 is 92.8 Å². The van der Waals surface area contributed by atoms with Crippen LogP contribution in [0.3, 0.4) is 0 Å². The zero-order valence-corrected chi connectivity index (χ0v) is 39.4. The number of carbonyl (C=O) groups excluding carboxylic acids is 6. The van der Waals surface area contributed by atoms with E-state index in [0.29, 0.717) is 11.1 Å². The van der Waals surface area contributed by atoms with Gasteiger partial charge in [-0.2, -0.15) is 20.5 Å². The van der Waals surface area contributed by atoms with Crippen molar-refractivity contribution in [2.24, 2.45) is 20.5 Å². The predicted molar refractivity (Wildman–Crippen MR) is 253 cm³/mol. The number of rotatable bonds is 14. The minimum Gasteiger partial charge on any atom is -0.324 e. The molecule has 22 heteroatoms. The van der Waals surface area contributed by atoms with E-state index in [9.17, 15) is 28.8 Å². The summed E-state index contributed by atoms with van der Waals surface area (Å²) >= 11 is 49.5. The summed E-state index contributed by atoms with van der Waals surface area (Å²) in [7, 11) is 0. The lowest BCUT2D eigenvalue weighted by Gasteiger charge is -2.16. The highest BCUT2D eigenvalue weighted by Crippen LogP contribution is 2.38. The van der Waals surface area contributed by atoms with E-state index < -0.39 is 47.3 Å². The maximum absolute atomic E-state index is 13.4. The number of ketones is 2. The van der Waals surface area contributed by atoms with Crippen molar-refractivity contribution >= 4 is 162 Å². The molecule has 0 aliphatic rings. The topological polar surface area (TPSA) is 200 Å². The third kappa shape index (κ3) is 12.1. The Bertz CT molecular complexity index is 2630. The lowest BCUT2D eigenvalue weighted by molar-refractivity contribution is -0.127. The summed E-state index contributed by atoms with van der Waals surface area (Å²) in [6.45, 7) is 5.56. The van der Waals surface area contributed by atoms with Crippen LogP contribution in [0.25, 0.3) is 0 Å². The van der Waals surface area contributed by atoms with Crippen LogP contribution in [-0.4, -0.2) is 47.3 Å². The average Bonchev–Trinajstić information content (AvgIpc) is 3.23. The molecule has 0 aliphatic carbocycles. The quantitative estimate of drug-likeness (QED) is 0.0484. The summed E-state index contributed by atoms with van der Waals surface area (Å²) < 4.78 is 0. The number of anilines is 4. The summed E-state index contributed by atoms with van der Waals surface area (Å²) in [4.78, 5) is 78.3. The van der Waals surface area contributed by atoms with Gasteiger partial charge in [-0.15, -0.1) is 0 Å². The molecule has 0 aromatic heterocycles. The highest BCUT2D eigenvalue weighted by molar-refractivity contribution is 6.47. The lowest BCUT2D eigenvalue weighted by atomic mass is 10.1. The third-order valence-corrected chi connectivity index (χ3v) is 11.8. The predicted octanol–water partition coefficient (Wildman–Crippen LogP) is 13.4. The molecule has 2 atom stereocenters. The van der Waals surface area contributed by atoms with Crippen LogP contribution in [0.5, 0.6) is 0 Å². The minimum absolute atomic E-state index is 0.0143. The molecule has 5 rings (SSSR count). The Kier molecular flexibility index (Phi) is 16.9. The second kappa shape index (κ2) is 21.7. The number of hydrogen-bond acceptors (Lipinski definition) is 10. The first-order valence-corrected chi connectivity index (χ1v) is 21.2. The van der Waals surface area contributed by atoms with Crippen molar-refractivity contribution in [1.29, 1.82) is 0 Å². The van der Waals surface area contributed by atoms with Gasteiger partial charge in [-0.1, -0.05) is 92.8 Å². The Morgan fingerprint density at radius 1 is 0.453 bits per heavy atom. The van der Waals surface area contributed by atoms with Crippen LogP contribution < -0.4 is 21.3 Å². The zero-order chi connectivity index (χ0) is 47.2. The van der Waals surface area contributed by atoms with Gasteiger partial charge in [0.1, 0.15) is 0 Å². The number of amides is 4. The first-order chi connectivity index (χ1) is 30.2. The van der Waals surface area contributed by atoms with Gasteiger partial charge in [0.15, 0.2) is 11.6 Å². The molecule has 4 amide bonds. The zero-order valence-electron chi connectivity index (χ0n) is 33.3. The maximum Gasteiger partial charge on any atom is 0.258 e. The molecular weight excluding hydrogens is 996 g/mol. The van der Waals surface area contributed by atoms with E-state index in [1.54, 1.807) is 13.8 Å². The van der Waals surface area contributed by atoms with Gasteiger partial charge in [0.05, 0.1) is 74.1 Å². The number of benzene rings is 5. The van der Waals surface area contributed by atoms with E-state index in [2.05, 4.69) is 41.7 Å². The Balaban J connectivity index is 1.27. The Morgan fingerprint density at radius 2 is 0.781 bits per heavy atom. The highest BCUT2D eigenvalue weighted by atomic mass is 35.5. The molecule has 0 radical (unpaired) electrons. The van der Waals surface area contributed by atoms with Gasteiger partial charge in [-0.05, 0) is 112 Å². The van der Waals surface area contributed by atoms with Crippen molar-refractivity contribution < 1.29 is 28.8 Å². The smallest absolute Gasteiger partial charge is 0.258 e. The molecule has 0 spiro atoms. The number of Topliss-reactive ketones (excluding diaryl/α,β-unsaturated/α-hetero) is 2. The van der Waals surface area contributed by atoms with Gasteiger partial charge in [0.25, 0.3) is 23.6 Å². The molecule has 2 unspecified atom stereocenters. The second-order valence-corrected chi connectivity index (χ2v) is 16.8. The molecular formula is C42H30Cl8N8O6. The molecule has 330 valence electrons. The number of nitrogens with one attached hydrogen (secondary N) is 4. The van der Waals surface area contributed by atoms with Crippen molar-refractivity contribution in [3.63, 3.8) is 0 Å². The van der Waals surface area contributed by atoms with E-state index in [-0.39, 0.29) is 85.4 Å². The molecule has 0 fully saturated rings. The normalized spacial score (nSPS) is 12.2. The van der Waals surface area contributed by atoms with Crippen LogP contribution in [0, 0.1) is 13.8 Å². The van der Waals surface area contributed by atoms with Crippen LogP contribution in [0.1, 0.15) is 45.7 Å². The fraction of sp³-hybridized carbons (Fsp3) is 0.143. The standard InChI is InChI=1S/C42H30Cl8N8O6/c1-17-13-32(52-42(64)36(20(4)60)58-56-22-6-8-26(44)24(16-22)40(62)54-38-30(48)12-10-28(46)34(38)50)18(2)14-31(17)51-41(63)35(19(3)59)57-55-21-5-7-25(43)23(15-21)39(61)53-37-29(47)11-9-27(45)33(37)49/h5-16,35-36H,1-4H3,(H,51,63)(H,52,64)(H,53,61)(H,54,62). The van der Waals surface area contributed by atoms with Crippen molar-refractivity contribution in [1.82, 2.24) is 0 Å². The van der Waals surface area contributed by atoms with E-state index >= 15 is 0 Å². The van der Waals surface area contributed by atoms with Crippen LogP contribution in [0.2, 0.25) is 40.2 Å².